The van der Waals surface area contributed by atoms with Crippen molar-refractivity contribution < 1.29 is 8.42 Å². The zero-order valence-corrected chi connectivity index (χ0v) is 16.2. The van der Waals surface area contributed by atoms with Crippen LogP contribution in [0.15, 0.2) is 26.0 Å². The monoisotopic (exact) mass is 439 g/mol. The van der Waals surface area contributed by atoms with Crippen LogP contribution in [0.1, 0.15) is 13.8 Å². The average Bonchev–Trinajstić information content (AvgIpc) is 2.33. The van der Waals surface area contributed by atoms with E-state index in [2.05, 4.69) is 36.8 Å². The summed E-state index contributed by atoms with van der Waals surface area (Å²) in [6.07, 6.45) is 0. The minimum Gasteiger partial charge on any atom is -0.398 e. The van der Waals surface area contributed by atoms with E-state index in [0.717, 1.165) is 4.47 Å². The summed E-state index contributed by atoms with van der Waals surface area (Å²) < 4.78 is 28.6. The minimum atomic E-state index is -3.62. The van der Waals surface area contributed by atoms with Gasteiger partial charge in [-0.05, 0) is 49.0 Å². The molecule has 2 unspecified atom stereocenters. The van der Waals surface area contributed by atoms with Crippen LogP contribution < -0.4 is 5.73 Å². The van der Waals surface area contributed by atoms with Gasteiger partial charge in [0.05, 0.1) is 5.69 Å². The second-order valence-electron chi connectivity index (χ2n) is 5.49. The number of benzene rings is 1. The van der Waals surface area contributed by atoms with E-state index >= 15 is 0 Å². The van der Waals surface area contributed by atoms with Crippen molar-refractivity contribution in [3.8, 4) is 0 Å². The number of nitrogen functional groups attached to an aromatic ring is 1. The molecule has 2 N–H and O–H groups in total. The fourth-order valence-corrected chi connectivity index (χ4v) is 6.15. The molecular formula is C13H19Br2N3O2S. The lowest BCUT2D eigenvalue weighted by molar-refractivity contribution is 0.105. The Labute approximate surface area is 142 Å². The quantitative estimate of drug-likeness (QED) is 0.717. The largest absolute Gasteiger partial charge is 0.398 e. The van der Waals surface area contributed by atoms with Crippen LogP contribution in [0.3, 0.4) is 0 Å². The van der Waals surface area contributed by atoms with E-state index in [1.165, 1.54) is 4.31 Å². The molecule has 0 spiro atoms. The van der Waals surface area contributed by atoms with Gasteiger partial charge in [0.2, 0.25) is 10.0 Å². The van der Waals surface area contributed by atoms with Crippen molar-refractivity contribution in [3.05, 3.63) is 21.1 Å². The molecular weight excluding hydrogens is 422 g/mol. The molecule has 1 aliphatic heterocycles. The van der Waals surface area contributed by atoms with Gasteiger partial charge in [-0.2, -0.15) is 4.31 Å². The van der Waals surface area contributed by atoms with E-state index < -0.39 is 10.0 Å². The molecule has 1 saturated heterocycles. The highest BCUT2D eigenvalue weighted by molar-refractivity contribution is 9.11. The summed E-state index contributed by atoms with van der Waals surface area (Å²) >= 11 is 6.63. The molecule has 2 rings (SSSR count). The van der Waals surface area contributed by atoms with Crippen LogP contribution >= 0.6 is 31.9 Å². The van der Waals surface area contributed by atoms with E-state index in [1.54, 1.807) is 12.1 Å². The Balaban J connectivity index is 2.44. The Morgan fingerprint density at radius 2 is 1.71 bits per heavy atom. The highest BCUT2D eigenvalue weighted by atomic mass is 79.9. The molecule has 0 saturated carbocycles. The molecule has 21 heavy (non-hydrogen) atoms. The first-order chi connectivity index (χ1) is 9.64. The predicted octanol–water partition coefficient (Wildman–Crippen LogP) is 2.51. The third-order valence-electron chi connectivity index (χ3n) is 3.96. The summed E-state index contributed by atoms with van der Waals surface area (Å²) in [6.45, 7) is 4.98. The van der Waals surface area contributed by atoms with Crippen LogP contribution in [0.4, 0.5) is 5.69 Å². The lowest BCUT2D eigenvalue weighted by Gasteiger charge is -2.41. The van der Waals surface area contributed by atoms with Crippen LogP contribution in [-0.4, -0.2) is 49.8 Å². The number of hydrogen-bond donors (Lipinski definition) is 1. The lowest BCUT2D eigenvalue weighted by Crippen LogP contribution is -2.56. The number of nitrogens with zero attached hydrogens (tertiary/aromatic N) is 2. The average molecular weight is 441 g/mol. The van der Waals surface area contributed by atoms with Gasteiger partial charge in [-0.3, -0.25) is 4.90 Å². The number of hydrogen-bond acceptors (Lipinski definition) is 4. The van der Waals surface area contributed by atoms with Crippen molar-refractivity contribution in [3.63, 3.8) is 0 Å². The Morgan fingerprint density at radius 3 is 2.19 bits per heavy atom. The van der Waals surface area contributed by atoms with Gasteiger partial charge in [0.1, 0.15) is 4.90 Å². The zero-order valence-electron chi connectivity index (χ0n) is 12.2. The molecule has 5 nitrogen and oxygen atoms in total. The molecule has 1 aliphatic rings. The first kappa shape index (κ1) is 17.2. The molecule has 0 radical (unpaired) electrons. The highest BCUT2D eigenvalue weighted by Gasteiger charge is 2.36. The van der Waals surface area contributed by atoms with E-state index in [0.29, 0.717) is 17.6 Å². The summed E-state index contributed by atoms with van der Waals surface area (Å²) in [5.74, 6) is 0. The van der Waals surface area contributed by atoms with Crippen LogP contribution in [0.2, 0.25) is 0 Å². The Bertz CT molecular complexity index is 616. The first-order valence-electron chi connectivity index (χ1n) is 6.61. The van der Waals surface area contributed by atoms with Crippen molar-refractivity contribution in [2.45, 2.75) is 30.8 Å². The fourth-order valence-electron chi connectivity index (χ4n) is 2.53. The third-order valence-corrected chi connectivity index (χ3v) is 7.26. The molecule has 8 heteroatoms. The van der Waals surface area contributed by atoms with Gasteiger partial charge < -0.3 is 5.73 Å². The normalized spacial score (nSPS) is 25.2. The maximum Gasteiger partial charge on any atom is 0.246 e. The molecule has 1 fully saturated rings. The molecule has 0 aliphatic carbocycles. The van der Waals surface area contributed by atoms with Gasteiger partial charge in [0.15, 0.2) is 0 Å². The molecule has 1 aromatic rings. The maximum absolute atomic E-state index is 12.9. The van der Waals surface area contributed by atoms with Crippen LogP contribution in [0, 0.1) is 0 Å². The topological polar surface area (TPSA) is 66.6 Å². The lowest BCUT2D eigenvalue weighted by atomic mass is 10.1. The second kappa shape index (κ2) is 6.16. The van der Waals surface area contributed by atoms with Gasteiger partial charge >= 0.3 is 0 Å². The van der Waals surface area contributed by atoms with Crippen molar-refractivity contribution in [2.24, 2.45) is 0 Å². The van der Waals surface area contributed by atoms with E-state index in [9.17, 15) is 8.42 Å². The molecule has 0 amide bonds. The molecule has 2 atom stereocenters. The van der Waals surface area contributed by atoms with Crippen molar-refractivity contribution in [1.82, 2.24) is 9.21 Å². The third kappa shape index (κ3) is 3.29. The molecule has 118 valence electrons. The summed E-state index contributed by atoms with van der Waals surface area (Å²) in [6, 6.07) is 3.64. The van der Waals surface area contributed by atoms with Crippen molar-refractivity contribution >= 4 is 47.6 Å². The minimum absolute atomic E-state index is 0.148. The Morgan fingerprint density at radius 1 is 1.19 bits per heavy atom. The van der Waals surface area contributed by atoms with E-state index in [4.69, 9.17) is 5.73 Å². The molecule has 0 bridgehead atoms. The summed E-state index contributed by atoms with van der Waals surface area (Å²) in [5.41, 5.74) is 6.18. The maximum atomic E-state index is 12.9. The van der Waals surface area contributed by atoms with Gasteiger partial charge in [-0.1, -0.05) is 15.9 Å². The number of piperazine rings is 1. The Hall–Kier alpha value is -0.150. The number of rotatable bonds is 2. The van der Waals surface area contributed by atoms with Crippen LogP contribution in [0.25, 0.3) is 0 Å². The van der Waals surface area contributed by atoms with E-state index in [1.807, 2.05) is 20.9 Å². The van der Waals surface area contributed by atoms with Gasteiger partial charge in [-0.15, -0.1) is 0 Å². The van der Waals surface area contributed by atoms with Gasteiger partial charge in [0, 0.05) is 34.1 Å². The number of anilines is 1. The number of halogens is 2. The predicted molar refractivity (Wildman–Crippen MR) is 91.7 cm³/mol. The number of nitrogens with two attached hydrogens (primary N) is 1. The molecule has 1 aromatic carbocycles. The first-order valence-corrected chi connectivity index (χ1v) is 9.63. The SMILES string of the molecule is CC1CN(S(=O)(=O)c2c(N)cc(Br)cc2Br)CC(C)N1C. The standard InChI is InChI=1S/C13H19Br2N3O2S/c1-8-6-18(7-9(2)17(8)3)21(19,20)13-11(15)4-10(14)5-12(13)16/h4-5,8-9H,6-7,16H2,1-3H3. The van der Waals surface area contributed by atoms with Crippen LogP contribution in [0.5, 0.6) is 0 Å². The fraction of sp³-hybridized carbons (Fsp3) is 0.538. The number of sulfonamides is 1. The molecule has 1 heterocycles. The highest BCUT2D eigenvalue weighted by Crippen LogP contribution is 2.34. The van der Waals surface area contributed by atoms with E-state index in [-0.39, 0.29) is 22.7 Å². The summed E-state index contributed by atoms with van der Waals surface area (Å²) in [4.78, 5) is 2.33. The van der Waals surface area contributed by atoms with Crippen molar-refractivity contribution in [2.75, 3.05) is 25.9 Å². The van der Waals surface area contributed by atoms with Crippen molar-refractivity contribution in [1.29, 1.82) is 0 Å². The van der Waals surface area contributed by atoms with Crippen LogP contribution in [-0.2, 0) is 10.0 Å². The zero-order chi connectivity index (χ0) is 15.9. The second-order valence-corrected chi connectivity index (χ2v) is 9.14. The smallest absolute Gasteiger partial charge is 0.246 e. The van der Waals surface area contributed by atoms with Gasteiger partial charge in [0.25, 0.3) is 0 Å². The Kier molecular flexibility index (Phi) is 5.04. The summed E-state index contributed by atoms with van der Waals surface area (Å²) in [7, 11) is -1.60. The molecule has 0 aromatic heterocycles. The van der Waals surface area contributed by atoms with Gasteiger partial charge in [-0.25, -0.2) is 8.42 Å². The summed E-state index contributed by atoms with van der Waals surface area (Å²) in [5, 5.41) is 0. The number of likely N-dealkylation sites (N-methyl/N-ethyl adjacent to an activating group) is 1.